The number of benzene rings is 1. The molecule has 0 unspecified atom stereocenters. The third kappa shape index (κ3) is 2.13. The van der Waals surface area contributed by atoms with Crippen LogP contribution in [0, 0.1) is 0 Å². The van der Waals surface area contributed by atoms with Gasteiger partial charge in [-0.3, -0.25) is 5.10 Å². The second-order valence-corrected chi connectivity index (χ2v) is 4.56. The van der Waals surface area contributed by atoms with Gasteiger partial charge in [0.05, 0.1) is 17.8 Å². The molecule has 1 aliphatic rings. The minimum Gasteiger partial charge on any atom is -0.382 e. The minimum absolute atomic E-state index is 0.452. The van der Waals surface area contributed by atoms with Crippen molar-refractivity contribution < 1.29 is 4.74 Å². The molecule has 0 spiro atoms. The Morgan fingerprint density at radius 2 is 2.35 bits per heavy atom. The first-order chi connectivity index (χ1) is 8.35. The Hall–Kier alpha value is -1.55. The zero-order valence-electron chi connectivity index (χ0n) is 9.94. The van der Waals surface area contributed by atoms with Gasteiger partial charge in [0.25, 0.3) is 0 Å². The van der Waals surface area contributed by atoms with Crippen LogP contribution in [0.1, 0.15) is 19.8 Å². The van der Waals surface area contributed by atoms with Crippen LogP contribution in [0.2, 0.25) is 0 Å². The zero-order valence-corrected chi connectivity index (χ0v) is 9.94. The topological polar surface area (TPSA) is 49.9 Å². The molecule has 0 amide bonds. The molecule has 1 aromatic heterocycles. The number of aromatic nitrogens is 2. The molecule has 1 fully saturated rings. The van der Waals surface area contributed by atoms with Gasteiger partial charge in [0.1, 0.15) is 0 Å². The largest absolute Gasteiger partial charge is 0.382 e. The van der Waals surface area contributed by atoms with Gasteiger partial charge in [-0.25, -0.2) is 0 Å². The number of rotatable bonds is 4. The Labute approximate surface area is 100 Å². The maximum atomic E-state index is 5.55. The lowest BCUT2D eigenvalue weighted by Crippen LogP contribution is -2.40. The highest BCUT2D eigenvalue weighted by molar-refractivity contribution is 5.81. The van der Waals surface area contributed by atoms with Crippen LogP contribution in [0.4, 0.5) is 5.69 Å². The monoisotopic (exact) mass is 231 g/mol. The lowest BCUT2D eigenvalue weighted by Gasteiger charge is -2.36. The van der Waals surface area contributed by atoms with Gasteiger partial charge in [0.15, 0.2) is 0 Å². The first-order valence-corrected chi connectivity index (χ1v) is 6.16. The molecule has 0 aliphatic heterocycles. The predicted octanol–water partition coefficient (Wildman–Crippen LogP) is 2.54. The number of fused-ring (bicyclic) bond motifs is 1. The van der Waals surface area contributed by atoms with E-state index in [0.717, 1.165) is 36.0 Å². The summed E-state index contributed by atoms with van der Waals surface area (Å²) in [7, 11) is 0. The van der Waals surface area contributed by atoms with Crippen LogP contribution in [-0.2, 0) is 4.74 Å². The molecule has 2 aromatic rings. The second kappa shape index (κ2) is 4.37. The van der Waals surface area contributed by atoms with E-state index in [1.54, 1.807) is 0 Å². The highest BCUT2D eigenvalue weighted by Gasteiger charge is 2.29. The summed E-state index contributed by atoms with van der Waals surface area (Å²) in [6.07, 6.45) is 4.51. The number of hydrogen-bond donors (Lipinski definition) is 2. The maximum Gasteiger partial charge on any atom is 0.0670 e. The van der Waals surface area contributed by atoms with Crippen molar-refractivity contribution in [2.45, 2.75) is 31.9 Å². The summed E-state index contributed by atoms with van der Waals surface area (Å²) < 4.78 is 5.55. The lowest BCUT2D eigenvalue weighted by atomic mass is 9.89. The third-order valence-corrected chi connectivity index (χ3v) is 3.31. The van der Waals surface area contributed by atoms with Crippen molar-refractivity contribution in [3.05, 3.63) is 24.4 Å². The molecule has 0 radical (unpaired) electrons. The Bertz CT molecular complexity index is 502. The average molecular weight is 231 g/mol. The summed E-state index contributed by atoms with van der Waals surface area (Å²) in [5.41, 5.74) is 2.23. The van der Waals surface area contributed by atoms with E-state index in [0.29, 0.717) is 12.1 Å². The predicted molar refractivity (Wildman–Crippen MR) is 68.2 cm³/mol. The van der Waals surface area contributed by atoms with Gasteiger partial charge in [0, 0.05) is 23.7 Å². The first-order valence-electron chi connectivity index (χ1n) is 6.16. The molecule has 4 heteroatoms. The summed E-state index contributed by atoms with van der Waals surface area (Å²) in [5.74, 6) is 0. The zero-order chi connectivity index (χ0) is 11.7. The fraction of sp³-hybridized carbons (Fsp3) is 0.462. The summed E-state index contributed by atoms with van der Waals surface area (Å²) in [6.45, 7) is 2.87. The number of nitrogens with one attached hydrogen (secondary N) is 2. The van der Waals surface area contributed by atoms with E-state index in [1.165, 1.54) is 0 Å². The second-order valence-electron chi connectivity index (χ2n) is 4.56. The minimum atomic E-state index is 0.452. The van der Waals surface area contributed by atoms with Crippen LogP contribution < -0.4 is 5.32 Å². The van der Waals surface area contributed by atoms with Crippen LogP contribution in [0.3, 0.4) is 0 Å². The van der Waals surface area contributed by atoms with Gasteiger partial charge in [-0.2, -0.15) is 5.10 Å². The Morgan fingerprint density at radius 1 is 1.47 bits per heavy atom. The molecule has 0 bridgehead atoms. The normalized spacial score (nSPS) is 23.6. The molecule has 0 saturated heterocycles. The highest BCUT2D eigenvalue weighted by Crippen LogP contribution is 2.27. The van der Waals surface area contributed by atoms with Gasteiger partial charge >= 0.3 is 0 Å². The SMILES string of the molecule is CCOC1CC(Nc2ccc3cn[nH]c3c2)C1. The number of nitrogens with zero attached hydrogens (tertiary/aromatic N) is 1. The van der Waals surface area contributed by atoms with Crippen molar-refractivity contribution in [2.24, 2.45) is 0 Å². The maximum absolute atomic E-state index is 5.55. The smallest absolute Gasteiger partial charge is 0.0670 e. The fourth-order valence-electron chi connectivity index (χ4n) is 2.32. The summed E-state index contributed by atoms with van der Waals surface area (Å²) in [4.78, 5) is 0. The van der Waals surface area contributed by atoms with E-state index < -0.39 is 0 Å². The molecule has 1 heterocycles. The quantitative estimate of drug-likeness (QED) is 0.850. The number of ether oxygens (including phenoxy) is 1. The van der Waals surface area contributed by atoms with Crippen LogP contribution in [0.5, 0.6) is 0 Å². The number of aromatic amines is 1. The molecule has 4 nitrogen and oxygen atoms in total. The van der Waals surface area contributed by atoms with Crippen molar-refractivity contribution >= 4 is 16.6 Å². The number of hydrogen-bond acceptors (Lipinski definition) is 3. The van der Waals surface area contributed by atoms with Crippen LogP contribution in [-0.4, -0.2) is 29.0 Å². The van der Waals surface area contributed by atoms with Gasteiger partial charge < -0.3 is 10.1 Å². The lowest BCUT2D eigenvalue weighted by molar-refractivity contribution is 0.00300. The molecular weight excluding hydrogens is 214 g/mol. The molecule has 17 heavy (non-hydrogen) atoms. The summed E-state index contributed by atoms with van der Waals surface area (Å²) in [5, 5.41) is 11.7. The molecular formula is C13H17N3O. The highest BCUT2D eigenvalue weighted by atomic mass is 16.5. The van der Waals surface area contributed by atoms with Gasteiger partial charge in [-0.15, -0.1) is 0 Å². The average Bonchev–Trinajstić information content (AvgIpc) is 2.73. The van der Waals surface area contributed by atoms with Crippen molar-refractivity contribution in [2.75, 3.05) is 11.9 Å². The van der Waals surface area contributed by atoms with Crippen LogP contribution in [0.25, 0.3) is 10.9 Å². The van der Waals surface area contributed by atoms with Gasteiger partial charge in [-0.1, -0.05) is 0 Å². The molecule has 0 atom stereocenters. The van der Waals surface area contributed by atoms with Crippen molar-refractivity contribution in [1.82, 2.24) is 10.2 Å². The van der Waals surface area contributed by atoms with Gasteiger partial charge in [0.2, 0.25) is 0 Å². The van der Waals surface area contributed by atoms with E-state index in [9.17, 15) is 0 Å². The van der Waals surface area contributed by atoms with Crippen molar-refractivity contribution in [3.63, 3.8) is 0 Å². The molecule has 1 saturated carbocycles. The Morgan fingerprint density at radius 3 is 3.18 bits per heavy atom. The van der Waals surface area contributed by atoms with E-state index in [-0.39, 0.29) is 0 Å². The van der Waals surface area contributed by atoms with Crippen LogP contribution in [0.15, 0.2) is 24.4 Å². The van der Waals surface area contributed by atoms with E-state index in [4.69, 9.17) is 4.74 Å². The molecule has 3 rings (SSSR count). The third-order valence-electron chi connectivity index (χ3n) is 3.31. The van der Waals surface area contributed by atoms with E-state index in [1.807, 2.05) is 13.1 Å². The van der Waals surface area contributed by atoms with E-state index in [2.05, 4.69) is 33.7 Å². The van der Waals surface area contributed by atoms with Crippen LogP contribution >= 0.6 is 0 Å². The molecule has 1 aromatic carbocycles. The molecule has 2 N–H and O–H groups in total. The Balaban J connectivity index is 1.62. The van der Waals surface area contributed by atoms with Crippen molar-refractivity contribution in [1.29, 1.82) is 0 Å². The first kappa shape index (κ1) is 10.6. The van der Waals surface area contributed by atoms with Crippen molar-refractivity contribution in [3.8, 4) is 0 Å². The van der Waals surface area contributed by atoms with Gasteiger partial charge in [-0.05, 0) is 38.0 Å². The molecule has 1 aliphatic carbocycles. The number of anilines is 1. The molecule has 90 valence electrons. The summed E-state index contributed by atoms with van der Waals surface area (Å²) in [6, 6.07) is 6.84. The standard InChI is InChI=1S/C13H17N3O/c1-2-17-12-5-11(6-12)15-10-4-3-9-8-14-16-13(9)7-10/h3-4,7-8,11-12,15H,2,5-6H2,1H3,(H,14,16). The fourth-order valence-corrected chi connectivity index (χ4v) is 2.32. The number of H-pyrrole nitrogens is 1. The summed E-state index contributed by atoms with van der Waals surface area (Å²) >= 11 is 0. The Kier molecular flexibility index (Phi) is 2.73. The van der Waals surface area contributed by atoms with E-state index >= 15 is 0 Å².